The second-order valence-corrected chi connectivity index (χ2v) is 5.46. The van der Waals surface area contributed by atoms with Crippen LogP contribution in [-0.2, 0) is 0 Å². The minimum absolute atomic E-state index is 0.108. The molecule has 0 aliphatic carbocycles. The number of nitriles is 1. The van der Waals surface area contributed by atoms with Gasteiger partial charge in [-0.3, -0.25) is 5.10 Å². The van der Waals surface area contributed by atoms with Crippen LogP contribution >= 0.6 is 15.9 Å². The van der Waals surface area contributed by atoms with Gasteiger partial charge in [-0.25, -0.2) is 0 Å². The summed E-state index contributed by atoms with van der Waals surface area (Å²) in [7, 11) is 0. The number of fused-ring (bicyclic) bond motifs is 1. The minimum atomic E-state index is -0.264. The first-order chi connectivity index (χ1) is 9.61. The monoisotopic (exact) mass is 330 g/mol. The Labute approximate surface area is 124 Å². The van der Waals surface area contributed by atoms with E-state index in [-0.39, 0.29) is 11.8 Å². The average molecular weight is 331 g/mol. The number of nitrogens with two attached hydrogens (primary N) is 1. The molecule has 1 aromatic carbocycles. The Kier molecular flexibility index (Phi) is 2.99. The number of hydrogen-bond donors (Lipinski definition) is 2. The highest BCUT2D eigenvalue weighted by atomic mass is 79.9. The smallest absolute Gasteiger partial charge is 0.244 e. The number of benzene rings is 1. The molecule has 2 aromatic rings. The van der Waals surface area contributed by atoms with E-state index in [0.29, 0.717) is 11.5 Å². The van der Waals surface area contributed by atoms with Gasteiger partial charge in [-0.1, -0.05) is 28.1 Å². The van der Waals surface area contributed by atoms with Crippen LogP contribution < -0.4 is 10.5 Å². The fraction of sp³-hybridized carbons (Fsp3) is 0.143. The first-order valence-electron chi connectivity index (χ1n) is 5.99. The van der Waals surface area contributed by atoms with Gasteiger partial charge in [0.15, 0.2) is 0 Å². The predicted molar refractivity (Wildman–Crippen MR) is 76.8 cm³/mol. The zero-order valence-electron chi connectivity index (χ0n) is 10.6. The van der Waals surface area contributed by atoms with Crippen LogP contribution in [0.15, 0.2) is 40.2 Å². The number of aromatic nitrogens is 2. The lowest BCUT2D eigenvalue weighted by Gasteiger charge is -2.23. The Hall–Kier alpha value is -2.26. The number of aryl methyl sites for hydroxylation is 1. The van der Waals surface area contributed by atoms with Gasteiger partial charge in [0, 0.05) is 15.7 Å². The molecule has 1 aliphatic heterocycles. The third-order valence-corrected chi connectivity index (χ3v) is 3.80. The summed E-state index contributed by atoms with van der Waals surface area (Å²) in [4.78, 5) is 0. The summed E-state index contributed by atoms with van der Waals surface area (Å²) in [6.07, 6.45) is 0. The van der Waals surface area contributed by atoms with Gasteiger partial charge in [-0.15, -0.1) is 5.10 Å². The van der Waals surface area contributed by atoms with Crippen molar-refractivity contribution in [2.45, 2.75) is 12.8 Å². The van der Waals surface area contributed by atoms with Crippen LogP contribution in [0.4, 0.5) is 0 Å². The number of halogens is 1. The van der Waals surface area contributed by atoms with Crippen molar-refractivity contribution in [1.29, 1.82) is 5.26 Å². The van der Waals surface area contributed by atoms with E-state index < -0.39 is 0 Å². The van der Waals surface area contributed by atoms with E-state index >= 15 is 0 Å². The summed E-state index contributed by atoms with van der Waals surface area (Å²) in [5, 5.41) is 16.4. The van der Waals surface area contributed by atoms with Crippen LogP contribution in [0.3, 0.4) is 0 Å². The molecule has 1 atom stereocenters. The summed E-state index contributed by atoms with van der Waals surface area (Å²) >= 11 is 3.45. The summed E-state index contributed by atoms with van der Waals surface area (Å²) < 4.78 is 6.36. The number of aromatic amines is 1. The SMILES string of the molecule is Cc1[nH]nc2c1[C@@H](c1cccc(Br)c1)C(C#N)=C(N)O2. The lowest BCUT2D eigenvalue weighted by molar-refractivity contribution is 0.379. The number of nitrogens with one attached hydrogen (secondary N) is 1. The molecule has 3 N–H and O–H groups in total. The predicted octanol–water partition coefficient (Wildman–Crippen LogP) is 2.70. The average Bonchev–Trinajstić information content (AvgIpc) is 2.78. The molecular weight excluding hydrogens is 320 g/mol. The molecule has 0 saturated heterocycles. The molecule has 20 heavy (non-hydrogen) atoms. The molecule has 2 heterocycles. The van der Waals surface area contributed by atoms with Gasteiger partial charge in [0.1, 0.15) is 11.6 Å². The third kappa shape index (κ3) is 1.87. The summed E-state index contributed by atoms with van der Waals surface area (Å²) in [6.45, 7) is 1.90. The maximum Gasteiger partial charge on any atom is 0.244 e. The van der Waals surface area contributed by atoms with Crippen molar-refractivity contribution < 1.29 is 4.74 Å². The summed E-state index contributed by atoms with van der Waals surface area (Å²) in [5.41, 5.74) is 8.94. The molecule has 1 aromatic heterocycles. The molecule has 1 aliphatic rings. The number of hydrogen-bond acceptors (Lipinski definition) is 4. The van der Waals surface area contributed by atoms with Gasteiger partial charge in [0.25, 0.3) is 0 Å². The van der Waals surface area contributed by atoms with Crippen LogP contribution in [0.2, 0.25) is 0 Å². The van der Waals surface area contributed by atoms with Gasteiger partial charge in [0.2, 0.25) is 11.8 Å². The van der Waals surface area contributed by atoms with Crippen LogP contribution in [-0.4, -0.2) is 10.2 Å². The largest absolute Gasteiger partial charge is 0.420 e. The summed E-state index contributed by atoms with van der Waals surface area (Å²) in [5.74, 6) is 0.278. The van der Waals surface area contributed by atoms with Gasteiger partial charge in [0.05, 0.1) is 5.92 Å². The molecule has 6 heteroatoms. The van der Waals surface area contributed by atoms with Crippen LogP contribution in [0.1, 0.15) is 22.7 Å². The molecule has 0 spiro atoms. The van der Waals surface area contributed by atoms with Crippen molar-refractivity contribution in [2.75, 3.05) is 0 Å². The first kappa shape index (κ1) is 12.8. The maximum atomic E-state index is 9.41. The second-order valence-electron chi connectivity index (χ2n) is 4.55. The highest BCUT2D eigenvalue weighted by Crippen LogP contribution is 2.42. The van der Waals surface area contributed by atoms with Crippen molar-refractivity contribution >= 4 is 15.9 Å². The Bertz CT molecular complexity index is 757. The number of H-pyrrole nitrogens is 1. The lowest BCUT2D eigenvalue weighted by atomic mass is 9.84. The highest BCUT2D eigenvalue weighted by molar-refractivity contribution is 9.10. The fourth-order valence-corrected chi connectivity index (χ4v) is 2.84. The van der Waals surface area contributed by atoms with Gasteiger partial charge < -0.3 is 10.5 Å². The van der Waals surface area contributed by atoms with Gasteiger partial charge in [-0.2, -0.15) is 5.26 Å². The van der Waals surface area contributed by atoms with Crippen molar-refractivity contribution in [1.82, 2.24) is 10.2 Å². The van der Waals surface area contributed by atoms with Gasteiger partial charge >= 0.3 is 0 Å². The van der Waals surface area contributed by atoms with Crippen LogP contribution in [0, 0.1) is 18.3 Å². The van der Waals surface area contributed by atoms with E-state index in [2.05, 4.69) is 32.2 Å². The molecule has 0 bridgehead atoms. The summed E-state index contributed by atoms with van der Waals surface area (Å²) in [6, 6.07) is 9.94. The fourth-order valence-electron chi connectivity index (χ4n) is 2.42. The Morgan fingerprint density at radius 2 is 2.30 bits per heavy atom. The highest BCUT2D eigenvalue weighted by Gasteiger charge is 2.34. The molecular formula is C14H11BrN4O. The normalized spacial score (nSPS) is 17.4. The quantitative estimate of drug-likeness (QED) is 0.841. The molecule has 3 rings (SSSR count). The zero-order valence-corrected chi connectivity index (χ0v) is 12.2. The molecule has 100 valence electrons. The van der Waals surface area contributed by atoms with Crippen LogP contribution in [0.25, 0.3) is 0 Å². The van der Waals surface area contributed by atoms with Crippen molar-refractivity contribution in [3.63, 3.8) is 0 Å². The van der Waals surface area contributed by atoms with E-state index in [1.807, 2.05) is 31.2 Å². The lowest BCUT2D eigenvalue weighted by Crippen LogP contribution is -2.21. The van der Waals surface area contributed by atoms with E-state index in [9.17, 15) is 5.26 Å². The maximum absolute atomic E-state index is 9.41. The number of ether oxygens (including phenoxy) is 1. The van der Waals surface area contributed by atoms with Gasteiger partial charge in [-0.05, 0) is 24.6 Å². The van der Waals surface area contributed by atoms with Crippen molar-refractivity contribution in [3.8, 4) is 11.9 Å². The van der Waals surface area contributed by atoms with Crippen molar-refractivity contribution in [3.05, 3.63) is 57.0 Å². The zero-order chi connectivity index (χ0) is 14.3. The first-order valence-corrected chi connectivity index (χ1v) is 6.79. The third-order valence-electron chi connectivity index (χ3n) is 3.31. The molecule has 0 saturated carbocycles. The van der Waals surface area contributed by atoms with E-state index in [4.69, 9.17) is 10.5 Å². The number of rotatable bonds is 1. The molecule has 5 nitrogen and oxygen atoms in total. The Morgan fingerprint density at radius 3 is 3.00 bits per heavy atom. The number of allylic oxidation sites excluding steroid dienone is 1. The Balaban J connectivity index is 2.25. The topological polar surface area (TPSA) is 87.7 Å². The second kappa shape index (κ2) is 4.69. The standard InChI is InChI=1S/C14H11BrN4O/c1-7-11-12(8-3-2-4-9(15)5-8)10(6-16)13(17)20-14(11)19-18-7/h2-5,12H,17H2,1H3,(H,18,19)/t12-/m0/s1. The van der Waals surface area contributed by atoms with E-state index in [1.54, 1.807) is 0 Å². The van der Waals surface area contributed by atoms with Crippen molar-refractivity contribution in [2.24, 2.45) is 5.73 Å². The Morgan fingerprint density at radius 1 is 1.50 bits per heavy atom. The van der Waals surface area contributed by atoms with Crippen LogP contribution in [0.5, 0.6) is 5.88 Å². The molecule has 0 radical (unpaired) electrons. The molecule has 0 amide bonds. The molecule has 0 fully saturated rings. The minimum Gasteiger partial charge on any atom is -0.420 e. The molecule has 0 unspecified atom stereocenters. The van der Waals surface area contributed by atoms with E-state index in [1.165, 1.54) is 0 Å². The van der Waals surface area contributed by atoms with E-state index in [0.717, 1.165) is 21.3 Å². The number of nitrogens with zero attached hydrogens (tertiary/aromatic N) is 2.